The maximum Gasteiger partial charge on any atom is 0.250 e. The molecule has 0 amide bonds. The molecule has 0 spiro atoms. The third-order valence-electron chi connectivity index (χ3n) is 2.99. The number of aryl methyl sites for hydroxylation is 2. The van der Waals surface area contributed by atoms with E-state index in [0.29, 0.717) is 15.0 Å². The average Bonchev–Trinajstić information content (AvgIpc) is 2.97. The second-order valence-corrected chi connectivity index (χ2v) is 8.32. The van der Waals surface area contributed by atoms with Gasteiger partial charge in [0.05, 0.1) is 5.02 Å². The lowest BCUT2D eigenvalue weighted by Crippen LogP contribution is -2.27. The lowest BCUT2D eigenvalue weighted by molar-refractivity contribution is 0.323. The molecule has 0 atom stereocenters. The topological polar surface area (TPSA) is 55.4 Å². The fourth-order valence-corrected chi connectivity index (χ4v) is 4.35. The second kappa shape index (κ2) is 7.46. The Labute approximate surface area is 140 Å². The number of thiophene rings is 1. The molecule has 2 rings (SSSR count). The Morgan fingerprint density at radius 3 is 2.73 bits per heavy atom. The maximum absolute atomic E-state index is 12.1. The fraction of sp³-hybridized carbons (Fsp3) is 0.333. The van der Waals surface area contributed by atoms with Gasteiger partial charge in [0.1, 0.15) is 16.6 Å². The lowest BCUT2D eigenvalue weighted by atomic mass is 10.2. The van der Waals surface area contributed by atoms with Gasteiger partial charge in [0, 0.05) is 11.4 Å². The van der Waals surface area contributed by atoms with Crippen LogP contribution >= 0.6 is 22.9 Å². The zero-order valence-corrected chi connectivity index (χ0v) is 14.8. The zero-order chi connectivity index (χ0) is 16.2. The van der Waals surface area contributed by atoms with Crippen molar-refractivity contribution >= 4 is 33.0 Å². The van der Waals surface area contributed by atoms with Crippen molar-refractivity contribution in [3.63, 3.8) is 0 Å². The first kappa shape index (κ1) is 17.3. The molecule has 0 radical (unpaired) electrons. The van der Waals surface area contributed by atoms with Gasteiger partial charge in [0.15, 0.2) is 0 Å². The molecule has 1 heterocycles. The van der Waals surface area contributed by atoms with Gasteiger partial charge in [-0.15, -0.1) is 11.3 Å². The van der Waals surface area contributed by atoms with Gasteiger partial charge in [-0.05, 0) is 43.2 Å². The van der Waals surface area contributed by atoms with Crippen molar-refractivity contribution in [1.29, 1.82) is 0 Å². The molecular formula is C15H18ClNO3S2. The molecule has 4 nitrogen and oxygen atoms in total. The monoisotopic (exact) mass is 359 g/mol. The summed E-state index contributed by atoms with van der Waals surface area (Å²) in [5.74, 6) is 0.560. The summed E-state index contributed by atoms with van der Waals surface area (Å²) in [6, 6.07) is 8.93. The number of halogens is 1. The van der Waals surface area contributed by atoms with Crippen molar-refractivity contribution in [3.05, 3.63) is 45.8 Å². The van der Waals surface area contributed by atoms with Crippen molar-refractivity contribution in [2.45, 2.75) is 24.5 Å². The van der Waals surface area contributed by atoms with E-state index in [1.807, 2.05) is 32.0 Å². The van der Waals surface area contributed by atoms with Crippen molar-refractivity contribution in [3.8, 4) is 5.75 Å². The van der Waals surface area contributed by atoms with Crippen LogP contribution in [0.25, 0.3) is 0 Å². The molecule has 0 aliphatic heterocycles. The van der Waals surface area contributed by atoms with Crippen LogP contribution in [0.5, 0.6) is 5.75 Å². The lowest BCUT2D eigenvalue weighted by Gasteiger charge is -2.09. The van der Waals surface area contributed by atoms with Crippen LogP contribution in [-0.2, 0) is 16.4 Å². The Kier molecular flexibility index (Phi) is 5.86. The van der Waals surface area contributed by atoms with E-state index in [-0.39, 0.29) is 13.2 Å². The predicted octanol–water partition coefficient (Wildman–Crippen LogP) is 3.63. The molecule has 1 aromatic heterocycles. The number of sulfonamides is 1. The number of benzene rings is 1. The van der Waals surface area contributed by atoms with Crippen LogP contribution < -0.4 is 9.46 Å². The van der Waals surface area contributed by atoms with Gasteiger partial charge in [0.25, 0.3) is 0 Å². The van der Waals surface area contributed by atoms with E-state index < -0.39 is 10.0 Å². The summed E-state index contributed by atoms with van der Waals surface area (Å²) in [6.45, 7) is 4.34. The van der Waals surface area contributed by atoms with E-state index in [1.165, 1.54) is 11.3 Å². The first-order valence-corrected chi connectivity index (χ1v) is 9.57. The molecular weight excluding hydrogens is 342 g/mol. The first-order valence-electron chi connectivity index (χ1n) is 6.89. The minimum absolute atomic E-state index is 0.186. The van der Waals surface area contributed by atoms with Gasteiger partial charge >= 0.3 is 0 Å². The highest BCUT2D eigenvalue weighted by atomic mass is 35.5. The van der Waals surface area contributed by atoms with Crippen LogP contribution in [-0.4, -0.2) is 21.6 Å². The summed E-state index contributed by atoms with van der Waals surface area (Å²) < 4.78 is 32.6. The number of hydrogen-bond donors (Lipinski definition) is 1. The molecule has 0 fully saturated rings. The average molecular weight is 360 g/mol. The summed E-state index contributed by atoms with van der Waals surface area (Å²) in [7, 11) is -3.47. The summed E-state index contributed by atoms with van der Waals surface area (Å²) in [5, 5.41) is 0.513. The summed E-state index contributed by atoms with van der Waals surface area (Å²) in [6.07, 6.45) is 0.829. The number of rotatable bonds is 7. The van der Waals surface area contributed by atoms with Gasteiger partial charge in [-0.1, -0.05) is 24.6 Å². The Morgan fingerprint density at radius 2 is 2.05 bits per heavy atom. The molecule has 7 heteroatoms. The molecule has 0 bridgehead atoms. The van der Waals surface area contributed by atoms with Crippen molar-refractivity contribution in [2.24, 2.45) is 0 Å². The Morgan fingerprint density at radius 1 is 1.27 bits per heavy atom. The van der Waals surface area contributed by atoms with Crippen LogP contribution in [0.3, 0.4) is 0 Å². The molecule has 0 aliphatic carbocycles. The molecule has 0 saturated carbocycles. The first-order chi connectivity index (χ1) is 10.4. The predicted molar refractivity (Wildman–Crippen MR) is 90.6 cm³/mol. The van der Waals surface area contributed by atoms with Crippen LogP contribution in [0, 0.1) is 6.92 Å². The molecule has 0 aliphatic rings. The SMILES string of the molecule is CCc1ccc(S(=O)(=O)NCCOc2cc(C)ccc2Cl)s1. The van der Waals surface area contributed by atoms with E-state index in [0.717, 1.165) is 16.9 Å². The van der Waals surface area contributed by atoms with Gasteiger partial charge in [-0.25, -0.2) is 13.1 Å². The fourth-order valence-electron chi connectivity index (χ4n) is 1.82. The Hall–Kier alpha value is -1.08. The summed E-state index contributed by atoms with van der Waals surface area (Å²) in [4.78, 5) is 1.04. The van der Waals surface area contributed by atoms with E-state index in [2.05, 4.69) is 4.72 Å². The third-order valence-corrected chi connectivity index (χ3v) is 6.48. The molecule has 1 N–H and O–H groups in total. The molecule has 120 valence electrons. The highest BCUT2D eigenvalue weighted by Gasteiger charge is 2.16. The van der Waals surface area contributed by atoms with E-state index in [9.17, 15) is 8.42 Å². The summed E-state index contributed by atoms with van der Waals surface area (Å²) >= 11 is 7.30. The van der Waals surface area contributed by atoms with E-state index in [4.69, 9.17) is 16.3 Å². The van der Waals surface area contributed by atoms with Crippen molar-refractivity contribution in [2.75, 3.05) is 13.2 Å². The quantitative estimate of drug-likeness (QED) is 0.768. The highest BCUT2D eigenvalue weighted by molar-refractivity contribution is 7.91. The minimum atomic E-state index is -3.47. The third kappa shape index (κ3) is 4.46. The Balaban J connectivity index is 1.89. The van der Waals surface area contributed by atoms with Crippen molar-refractivity contribution < 1.29 is 13.2 Å². The standard InChI is InChI=1S/C15H18ClNO3S2/c1-3-12-5-7-15(21-12)22(18,19)17-8-9-20-14-10-11(2)4-6-13(14)16/h4-7,10,17H,3,8-9H2,1-2H3. The number of nitrogens with one attached hydrogen (secondary N) is 1. The van der Waals surface area contributed by atoms with Crippen LogP contribution in [0.4, 0.5) is 0 Å². The van der Waals surface area contributed by atoms with Crippen LogP contribution in [0.1, 0.15) is 17.4 Å². The second-order valence-electron chi connectivity index (χ2n) is 4.75. The van der Waals surface area contributed by atoms with Crippen LogP contribution in [0.2, 0.25) is 5.02 Å². The van der Waals surface area contributed by atoms with Crippen molar-refractivity contribution in [1.82, 2.24) is 4.72 Å². The van der Waals surface area contributed by atoms with E-state index in [1.54, 1.807) is 12.1 Å². The normalized spacial score (nSPS) is 11.6. The summed E-state index contributed by atoms with van der Waals surface area (Å²) in [5.41, 5.74) is 1.03. The Bertz CT molecular complexity index is 741. The smallest absolute Gasteiger partial charge is 0.250 e. The van der Waals surface area contributed by atoms with Gasteiger partial charge in [0.2, 0.25) is 10.0 Å². The largest absolute Gasteiger partial charge is 0.491 e. The van der Waals surface area contributed by atoms with Gasteiger partial charge in [-0.3, -0.25) is 0 Å². The van der Waals surface area contributed by atoms with Crippen LogP contribution in [0.15, 0.2) is 34.5 Å². The maximum atomic E-state index is 12.1. The van der Waals surface area contributed by atoms with E-state index >= 15 is 0 Å². The molecule has 1 aromatic carbocycles. The molecule has 0 unspecified atom stereocenters. The molecule has 22 heavy (non-hydrogen) atoms. The molecule has 2 aromatic rings. The number of hydrogen-bond acceptors (Lipinski definition) is 4. The van der Waals surface area contributed by atoms with Gasteiger partial charge in [-0.2, -0.15) is 0 Å². The molecule has 0 saturated heterocycles. The zero-order valence-electron chi connectivity index (χ0n) is 12.4. The minimum Gasteiger partial charge on any atom is -0.491 e. The number of ether oxygens (including phenoxy) is 1. The van der Waals surface area contributed by atoms with Gasteiger partial charge < -0.3 is 4.74 Å². The highest BCUT2D eigenvalue weighted by Crippen LogP contribution is 2.25.